The molecule has 1 aromatic carbocycles. The summed E-state index contributed by atoms with van der Waals surface area (Å²) in [4.78, 5) is 35.3. The zero-order valence-electron chi connectivity index (χ0n) is 15.3. The van der Waals surface area contributed by atoms with Crippen LogP contribution in [0.25, 0.3) is 11.3 Å². The van der Waals surface area contributed by atoms with Crippen molar-refractivity contribution in [1.82, 2.24) is 15.0 Å². The van der Waals surface area contributed by atoms with Crippen molar-refractivity contribution in [3.8, 4) is 11.3 Å². The number of halogens is 1. The molecule has 3 heterocycles. The summed E-state index contributed by atoms with van der Waals surface area (Å²) in [6.45, 7) is 0. The first-order valence-corrected chi connectivity index (χ1v) is 9.60. The Morgan fingerprint density at radius 2 is 2.03 bits per heavy atom. The number of hydrogen-bond donors (Lipinski definition) is 4. The number of anilines is 3. The maximum Gasteiger partial charge on any atom is 0.265 e. The maximum atomic E-state index is 13.4. The van der Waals surface area contributed by atoms with Gasteiger partial charge in [0.15, 0.2) is 5.13 Å². The van der Waals surface area contributed by atoms with Crippen LogP contribution in [0, 0.1) is 5.82 Å². The number of thiazole rings is 1. The number of nitrogens with one attached hydrogen (secondary N) is 3. The summed E-state index contributed by atoms with van der Waals surface area (Å²) in [5, 5.41) is 7.80. The second-order valence-electron chi connectivity index (χ2n) is 6.19. The van der Waals surface area contributed by atoms with Gasteiger partial charge in [0.05, 0.1) is 11.3 Å². The SMILES string of the molecule is NC(=O)c1cc(-c2csc(NC(=O)c3cccnc3Nc3cccc(F)c3)n2)c[nH]1. The third-order valence-electron chi connectivity index (χ3n) is 4.11. The Morgan fingerprint density at radius 3 is 2.80 bits per heavy atom. The lowest BCUT2D eigenvalue weighted by atomic mass is 10.2. The molecular weight excluding hydrogens is 407 g/mol. The highest BCUT2D eigenvalue weighted by Gasteiger charge is 2.16. The van der Waals surface area contributed by atoms with Gasteiger partial charge in [-0.3, -0.25) is 14.9 Å². The van der Waals surface area contributed by atoms with E-state index in [1.54, 1.807) is 41.9 Å². The van der Waals surface area contributed by atoms with Crippen molar-refractivity contribution in [3.05, 3.63) is 77.3 Å². The normalized spacial score (nSPS) is 10.6. The fourth-order valence-electron chi connectivity index (χ4n) is 2.70. The summed E-state index contributed by atoms with van der Waals surface area (Å²) in [5.74, 6) is -1.11. The summed E-state index contributed by atoms with van der Waals surface area (Å²) in [7, 11) is 0. The number of nitrogens with zero attached hydrogens (tertiary/aromatic N) is 2. The van der Waals surface area contributed by atoms with Gasteiger partial charge in [0.25, 0.3) is 11.8 Å². The van der Waals surface area contributed by atoms with Crippen molar-refractivity contribution in [2.75, 3.05) is 10.6 Å². The predicted molar refractivity (Wildman–Crippen MR) is 112 cm³/mol. The molecule has 0 radical (unpaired) electrons. The minimum absolute atomic E-state index is 0.270. The fraction of sp³-hybridized carbons (Fsp3) is 0. The highest BCUT2D eigenvalue weighted by molar-refractivity contribution is 7.14. The molecule has 4 rings (SSSR count). The van der Waals surface area contributed by atoms with E-state index >= 15 is 0 Å². The van der Waals surface area contributed by atoms with Crippen LogP contribution in [0.2, 0.25) is 0 Å². The van der Waals surface area contributed by atoms with Gasteiger partial charge in [0, 0.05) is 29.0 Å². The highest BCUT2D eigenvalue weighted by Crippen LogP contribution is 2.27. The molecule has 0 fully saturated rings. The zero-order chi connectivity index (χ0) is 21.1. The monoisotopic (exact) mass is 422 g/mol. The first-order valence-electron chi connectivity index (χ1n) is 8.72. The number of H-pyrrole nitrogens is 1. The smallest absolute Gasteiger partial charge is 0.265 e. The molecule has 10 heteroatoms. The lowest BCUT2D eigenvalue weighted by Gasteiger charge is -2.10. The first kappa shape index (κ1) is 19.3. The second-order valence-corrected chi connectivity index (χ2v) is 7.05. The third kappa shape index (κ3) is 4.18. The van der Waals surface area contributed by atoms with E-state index < -0.39 is 17.6 Å². The Hall–Kier alpha value is -4.05. The minimum atomic E-state index is -0.570. The lowest BCUT2D eigenvalue weighted by molar-refractivity contribution is 0.0994. The molecular formula is C20H15FN6O2S. The van der Waals surface area contributed by atoms with Gasteiger partial charge in [-0.05, 0) is 36.4 Å². The van der Waals surface area contributed by atoms with E-state index in [0.717, 1.165) is 0 Å². The van der Waals surface area contributed by atoms with Gasteiger partial charge < -0.3 is 16.0 Å². The van der Waals surface area contributed by atoms with E-state index in [9.17, 15) is 14.0 Å². The van der Waals surface area contributed by atoms with Gasteiger partial charge >= 0.3 is 0 Å². The Kier molecular flexibility index (Phi) is 5.22. The summed E-state index contributed by atoms with van der Waals surface area (Å²) in [6.07, 6.45) is 3.14. The van der Waals surface area contributed by atoms with Crippen LogP contribution in [0.1, 0.15) is 20.8 Å². The Labute approximate surface area is 174 Å². The molecule has 0 spiro atoms. The number of hydrogen-bond acceptors (Lipinski definition) is 6. The molecule has 150 valence electrons. The number of benzene rings is 1. The molecule has 0 unspecified atom stereocenters. The zero-order valence-corrected chi connectivity index (χ0v) is 16.2. The van der Waals surface area contributed by atoms with Crippen LogP contribution in [0.4, 0.5) is 21.0 Å². The van der Waals surface area contributed by atoms with Crippen molar-refractivity contribution < 1.29 is 14.0 Å². The van der Waals surface area contributed by atoms with E-state index in [2.05, 4.69) is 25.6 Å². The second kappa shape index (κ2) is 8.13. The van der Waals surface area contributed by atoms with Gasteiger partial charge in [-0.15, -0.1) is 11.3 Å². The number of aromatic nitrogens is 3. The highest BCUT2D eigenvalue weighted by atomic mass is 32.1. The third-order valence-corrected chi connectivity index (χ3v) is 4.87. The average molecular weight is 422 g/mol. The van der Waals surface area contributed by atoms with E-state index in [0.29, 0.717) is 22.1 Å². The summed E-state index contributed by atoms with van der Waals surface area (Å²) >= 11 is 1.23. The molecule has 3 aromatic heterocycles. The van der Waals surface area contributed by atoms with Crippen LogP contribution in [0.15, 0.2) is 60.2 Å². The summed E-state index contributed by atoms with van der Waals surface area (Å²) in [5.41, 5.74) is 7.52. The van der Waals surface area contributed by atoms with Gasteiger partial charge in [-0.2, -0.15) is 0 Å². The van der Waals surface area contributed by atoms with Crippen molar-refractivity contribution in [1.29, 1.82) is 0 Å². The first-order chi connectivity index (χ1) is 14.5. The molecule has 8 nitrogen and oxygen atoms in total. The Bertz CT molecular complexity index is 1240. The number of primary amides is 1. The predicted octanol–water partition coefficient (Wildman–Crippen LogP) is 3.77. The molecule has 30 heavy (non-hydrogen) atoms. The molecule has 5 N–H and O–H groups in total. The standard InChI is InChI=1S/C20H15FN6O2S/c21-12-3-1-4-13(8-12)25-18-14(5-2-6-23-18)19(29)27-20-26-16(10-30-20)11-7-15(17(22)28)24-9-11/h1-10,24H,(H2,22,28)(H,23,25)(H,26,27,29). The van der Waals surface area contributed by atoms with Gasteiger partial charge in [0.1, 0.15) is 17.3 Å². The summed E-state index contributed by atoms with van der Waals surface area (Å²) in [6, 6.07) is 10.7. The molecule has 0 bridgehead atoms. The number of rotatable bonds is 6. The lowest BCUT2D eigenvalue weighted by Crippen LogP contribution is -2.14. The maximum absolute atomic E-state index is 13.4. The van der Waals surface area contributed by atoms with Crippen molar-refractivity contribution in [2.24, 2.45) is 5.73 Å². The fourth-order valence-corrected chi connectivity index (χ4v) is 3.42. The Morgan fingerprint density at radius 1 is 1.17 bits per heavy atom. The van der Waals surface area contributed by atoms with E-state index in [1.165, 1.54) is 29.7 Å². The van der Waals surface area contributed by atoms with Gasteiger partial charge in [0.2, 0.25) is 0 Å². The number of amides is 2. The number of aromatic amines is 1. The van der Waals surface area contributed by atoms with Crippen LogP contribution >= 0.6 is 11.3 Å². The number of carbonyl (C=O) groups excluding carboxylic acids is 2. The molecule has 0 aliphatic heterocycles. The minimum Gasteiger partial charge on any atom is -0.364 e. The van der Waals surface area contributed by atoms with E-state index in [4.69, 9.17) is 5.73 Å². The van der Waals surface area contributed by atoms with Crippen molar-refractivity contribution >= 4 is 39.8 Å². The molecule has 0 atom stereocenters. The number of pyridine rings is 1. The molecule has 0 aliphatic carbocycles. The van der Waals surface area contributed by atoms with Crippen LogP contribution < -0.4 is 16.4 Å². The van der Waals surface area contributed by atoms with Crippen LogP contribution in [-0.2, 0) is 0 Å². The largest absolute Gasteiger partial charge is 0.364 e. The summed E-state index contributed by atoms with van der Waals surface area (Å²) < 4.78 is 13.4. The van der Waals surface area contributed by atoms with Crippen molar-refractivity contribution in [2.45, 2.75) is 0 Å². The molecule has 2 amide bonds. The molecule has 4 aromatic rings. The molecule has 0 aliphatic rings. The average Bonchev–Trinajstić information content (AvgIpc) is 3.38. The quantitative estimate of drug-likeness (QED) is 0.376. The van der Waals surface area contributed by atoms with Crippen LogP contribution in [0.3, 0.4) is 0 Å². The van der Waals surface area contributed by atoms with E-state index in [-0.39, 0.29) is 17.1 Å². The Balaban J connectivity index is 1.52. The van der Waals surface area contributed by atoms with Crippen LogP contribution in [-0.4, -0.2) is 26.8 Å². The number of nitrogens with two attached hydrogens (primary N) is 1. The van der Waals surface area contributed by atoms with Gasteiger partial charge in [-0.25, -0.2) is 14.4 Å². The van der Waals surface area contributed by atoms with Crippen molar-refractivity contribution in [3.63, 3.8) is 0 Å². The van der Waals surface area contributed by atoms with Gasteiger partial charge in [-0.1, -0.05) is 6.07 Å². The van der Waals surface area contributed by atoms with Crippen LogP contribution in [0.5, 0.6) is 0 Å². The molecule has 0 saturated carbocycles. The van der Waals surface area contributed by atoms with E-state index in [1.807, 2.05) is 0 Å². The molecule has 0 saturated heterocycles. The number of carbonyl (C=O) groups is 2. The topological polar surface area (TPSA) is 126 Å².